The first-order valence-electron chi connectivity index (χ1n) is 6.14. The van der Waals surface area contributed by atoms with Crippen LogP contribution < -0.4 is 5.73 Å². The van der Waals surface area contributed by atoms with Crippen molar-refractivity contribution < 1.29 is 4.52 Å². The Morgan fingerprint density at radius 3 is 2.70 bits per heavy atom. The fourth-order valence-corrected chi connectivity index (χ4v) is 2.42. The van der Waals surface area contributed by atoms with E-state index in [1.807, 2.05) is 48.5 Å². The summed E-state index contributed by atoms with van der Waals surface area (Å²) in [6, 6.07) is 15.8. The lowest BCUT2D eigenvalue weighted by Crippen LogP contribution is -1.92. The first kappa shape index (κ1) is 13.1. The molecule has 0 bridgehead atoms. The average molecular weight is 377 g/mol. The van der Waals surface area contributed by atoms with E-state index in [1.54, 1.807) is 0 Å². The molecule has 5 heteroatoms. The molecule has 0 aliphatic heterocycles. The molecular weight excluding hydrogens is 365 g/mol. The highest BCUT2D eigenvalue weighted by molar-refractivity contribution is 14.1. The normalized spacial score (nSPS) is 10.7. The lowest BCUT2D eigenvalue weighted by atomic mass is 10.1. The van der Waals surface area contributed by atoms with Crippen molar-refractivity contribution in [1.82, 2.24) is 10.1 Å². The van der Waals surface area contributed by atoms with Crippen molar-refractivity contribution >= 4 is 28.3 Å². The standard InChI is InChI=1S/C15H12IN3O/c16-11-6-7-13(17)12(9-11)15-18-14(19-20-15)8-10-4-2-1-3-5-10/h1-7,9H,8,17H2. The summed E-state index contributed by atoms with van der Waals surface area (Å²) in [5, 5.41) is 4.01. The Kier molecular flexibility index (Phi) is 3.68. The third-order valence-corrected chi connectivity index (χ3v) is 3.59. The fraction of sp³-hybridized carbons (Fsp3) is 0.0667. The van der Waals surface area contributed by atoms with Crippen LogP contribution >= 0.6 is 22.6 Å². The van der Waals surface area contributed by atoms with Crippen molar-refractivity contribution in [3.05, 3.63) is 63.5 Å². The molecule has 1 heterocycles. The highest BCUT2D eigenvalue weighted by Gasteiger charge is 2.12. The van der Waals surface area contributed by atoms with Gasteiger partial charge in [-0.15, -0.1) is 0 Å². The van der Waals surface area contributed by atoms with Crippen molar-refractivity contribution in [2.75, 3.05) is 5.73 Å². The molecule has 3 rings (SSSR count). The van der Waals surface area contributed by atoms with Gasteiger partial charge in [0.05, 0.1) is 5.56 Å². The number of aromatic nitrogens is 2. The van der Waals surface area contributed by atoms with E-state index in [9.17, 15) is 0 Å². The first-order valence-corrected chi connectivity index (χ1v) is 7.22. The summed E-state index contributed by atoms with van der Waals surface area (Å²) in [5.41, 5.74) is 8.52. The van der Waals surface area contributed by atoms with Gasteiger partial charge in [-0.1, -0.05) is 35.5 Å². The molecule has 2 aromatic carbocycles. The molecule has 0 atom stereocenters. The third-order valence-electron chi connectivity index (χ3n) is 2.92. The number of nitrogens with two attached hydrogens (primary N) is 1. The number of hydrogen-bond donors (Lipinski definition) is 1. The van der Waals surface area contributed by atoms with Crippen LogP contribution in [0.15, 0.2) is 53.1 Å². The largest absolute Gasteiger partial charge is 0.398 e. The quantitative estimate of drug-likeness (QED) is 0.561. The molecular formula is C15H12IN3O. The van der Waals surface area contributed by atoms with Crippen LogP contribution in [0.25, 0.3) is 11.5 Å². The van der Waals surface area contributed by atoms with E-state index < -0.39 is 0 Å². The van der Waals surface area contributed by atoms with E-state index in [-0.39, 0.29) is 0 Å². The number of hydrogen-bond acceptors (Lipinski definition) is 4. The van der Waals surface area contributed by atoms with Gasteiger partial charge in [-0.2, -0.15) is 4.98 Å². The third kappa shape index (κ3) is 2.82. The minimum Gasteiger partial charge on any atom is -0.398 e. The molecule has 0 saturated heterocycles. The summed E-state index contributed by atoms with van der Waals surface area (Å²) in [6.07, 6.45) is 0.647. The first-order chi connectivity index (χ1) is 9.72. The van der Waals surface area contributed by atoms with Crippen molar-refractivity contribution in [1.29, 1.82) is 0 Å². The predicted molar refractivity (Wildman–Crippen MR) is 86.1 cm³/mol. The Morgan fingerprint density at radius 1 is 1.10 bits per heavy atom. The summed E-state index contributed by atoms with van der Waals surface area (Å²) in [6.45, 7) is 0. The summed E-state index contributed by atoms with van der Waals surface area (Å²) in [5.74, 6) is 1.12. The van der Waals surface area contributed by atoms with E-state index in [0.717, 1.165) is 14.7 Å². The van der Waals surface area contributed by atoms with Gasteiger partial charge < -0.3 is 10.3 Å². The number of nitrogens with zero attached hydrogens (tertiary/aromatic N) is 2. The van der Waals surface area contributed by atoms with Crippen molar-refractivity contribution in [2.24, 2.45) is 0 Å². The molecule has 0 radical (unpaired) electrons. The number of benzene rings is 2. The van der Waals surface area contributed by atoms with Gasteiger partial charge in [0.25, 0.3) is 5.89 Å². The Bertz CT molecular complexity index is 725. The number of anilines is 1. The lowest BCUT2D eigenvalue weighted by Gasteiger charge is -2.00. The SMILES string of the molecule is Nc1ccc(I)cc1-c1nc(Cc2ccccc2)no1. The van der Waals surface area contributed by atoms with Gasteiger partial charge in [0, 0.05) is 15.7 Å². The van der Waals surface area contributed by atoms with Crippen LogP contribution in [0.5, 0.6) is 0 Å². The summed E-state index contributed by atoms with van der Waals surface area (Å²) in [4.78, 5) is 4.42. The minimum absolute atomic E-state index is 0.465. The molecule has 0 fully saturated rings. The maximum absolute atomic E-state index is 5.95. The molecule has 3 aromatic rings. The van der Waals surface area contributed by atoms with E-state index >= 15 is 0 Å². The molecule has 0 unspecified atom stereocenters. The van der Waals surface area contributed by atoms with E-state index in [1.165, 1.54) is 0 Å². The second kappa shape index (κ2) is 5.62. The Hall–Kier alpha value is -1.89. The van der Waals surface area contributed by atoms with Crippen LogP contribution in [0, 0.1) is 3.57 Å². The summed E-state index contributed by atoms with van der Waals surface area (Å²) < 4.78 is 6.39. The second-order valence-electron chi connectivity index (χ2n) is 4.41. The van der Waals surface area contributed by atoms with E-state index in [2.05, 4.69) is 32.7 Å². The number of nitrogen functional groups attached to an aromatic ring is 1. The van der Waals surface area contributed by atoms with Crippen molar-refractivity contribution in [3.8, 4) is 11.5 Å². The number of rotatable bonds is 3. The van der Waals surface area contributed by atoms with Crippen LogP contribution in [0.4, 0.5) is 5.69 Å². The Morgan fingerprint density at radius 2 is 1.90 bits per heavy atom. The topological polar surface area (TPSA) is 64.9 Å². The van der Waals surface area contributed by atoms with Crippen LogP contribution in [0.1, 0.15) is 11.4 Å². The summed E-state index contributed by atoms with van der Waals surface area (Å²) in [7, 11) is 0. The average Bonchev–Trinajstić information content (AvgIpc) is 2.91. The van der Waals surface area contributed by atoms with E-state index in [0.29, 0.717) is 23.8 Å². The Balaban J connectivity index is 1.88. The van der Waals surface area contributed by atoms with Gasteiger partial charge in [0.1, 0.15) is 0 Å². The van der Waals surface area contributed by atoms with Gasteiger partial charge in [-0.25, -0.2) is 0 Å². The zero-order valence-corrected chi connectivity index (χ0v) is 12.7. The highest BCUT2D eigenvalue weighted by atomic mass is 127. The molecule has 100 valence electrons. The van der Waals surface area contributed by atoms with Gasteiger partial charge in [-0.3, -0.25) is 0 Å². The zero-order chi connectivity index (χ0) is 13.9. The van der Waals surface area contributed by atoms with Crippen LogP contribution in [0.3, 0.4) is 0 Å². The van der Waals surface area contributed by atoms with Crippen molar-refractivity contribution in [2.45, 2.75) is 6.42 Å². The lowest BCUT2D eigenvalue weighted by molar-refractivity contribution is 0.424. The second-order valence-corrected chi connectivity index (χ2v) is 5.66. The molecule has 0 aliphatic carbocycles. The maximum Gasteiger partial charge on any atom is 0.260 e. The molecule has 0 amide bonds. The molecule has 2 N–H and O–H groups in total. The van der Waals surface area contributed by atoms with Crippen LogP contribution in [-0.4, -0.2) is 10.1 Å². The van der Waals surface area contributed by atoms with E-state index in [4.69, 9.17) is 10.3 Å². The monoisotopic (exact) mass is 377 g/mol. The predicted octanol–water partition coefficient (Wildman–Crippen LogP) is 3.51. The fourth-order valence-electron chi connectivity index (χ4n) is 1.93. The Labute approximate surface area is 130 Å². The number of halogens is 1. The highest BCUT2D eigenvalue weighted by Crippen LogP contribution is 2.26. The minimum atomic E-state index is 0.465. The van der Waals surface area contributed by atoms with Gasteiger partial charge in [-0.05, 0) is 46.4 Å². The van der Waals surface area contributed by atoms with Crippen LogP contribution in [0.2, 0.25) is 0 Å². The molecule has 4 nitrogen and oxygen atoms in total. The zero-order valence-electron chi connectivity index (χ0n) is 10.6. The van der Waals surface area contributed by atoms with Gasteiger partial charge >= 0.3 is 0 Å². The molecule has 0 spiro atoms. The molecule has 0 aliphatic rings. The van der Waals surface area contributed by atoms with Crippen molar-refractivity contribution in [3.63, 3.8) is 0 Å². The van der Waals surface area contributed by atoms with Gasteiger partial charge in [0.2, 0.25) is 0 Å². The smallest absolute Gasteiger partial charge is 0.260 e. The molecule has 20 heavy (non-hydrogen) atoms. The van der Waals surface area contributed by atoms with Gasteiger partial charge in [0.15, 0.2) is 5.82 Å². The summed E-state index contributed by atoms with van der Waals surface area (Å²) >= 11 is 2.23. The van der Waals surface area contributed by atoms with Crippen LogP contribution in [-0.2, 0) is 6.42 Å². The molecule has 0 saturated carbocycles. The maximum atomic E-state index is 5.95. The molecule has 1 aromatic heterocycles.